The van der Waals surface area contributed by atoms with E-state index in [1.54, 1.807) is 12.1 Å². The highest BCUT2D eigenvalue weighted by Gasteiger charge is 2.27. The molecule has 1 aliphatic rings. The van der Waals surface area contributed by atoms with Crippen LogP contribution in [-0.4, -0.2) is 58.7 Å². The second-order valence-corrected chi connectivity index (χ2v) is 8.74. The normalized spacial score (nSPS) is 17.6. The number of likely N-dealkylation sites (tertiary alicyclic amines) is 1. The van der Waals surface area contributed by atoms with E-state index in [2.05, 4.69) is 24.1 Å². The molecule has 1 aliphatic heterocycles. The predicted molar refractivity (Wildman–Crippen MR) is 110 cm³/mol. The Bertz CT molecular complexity index is 992. The Morgan fingerprint density at radius 2 is 2.07 bits per heavy atom. The fraction of sp³-hybridized carbons (Fsp3) is 0.429. The molecular weight excluding hydrogens is 375 g/mol. The van der Waals surface area contributed by atoms with Gasteiger partial charge in [-0.15, -0.1) is 11.3 Å². The van der Waals surface area contributed by atoms with Crippen molar-refractivity contribution < 1.29 is 9.18 Å². The van der Waals surface area contributed by atoms with Crippen LogP contribution >= 0.6 is 11.3 Å². The van der Waals surface area contributed by atoms with Crippen molar-refractivity contribution in [2.75, 3.05) is 27.2 Å². The van der Waals surface area contributed by atoms with Gasteiger partial charge in [-0.2, -0.15) is 5.10 Å². The first-order valence-electron chi connectivity index (χ1n) is 9.59. The van der Waals surface area contributed by atoms with Crippen molar-refractivity contribution in [2.45, 2.75) is 32.4 Å². The van der Waals surface area contributed by atoms with Gasteiger partial charge in [0.25, 0.3) is 5.91 Å². The molecule has 0 saturated carbocycles. The minimum Gasteiger partial charge on any atom is -0.336 e. The van der Waals surface area contributed by atoms with Gasteiger partial charge in [0.2, 0.25) is 0 Å². The monoisotopic (exact) mass is 400 g/mol. The fourth-order valence-corrected chi connectivity index (χ4v) is 4.93. The molecule has 1 amide bonds. The molecule has 7 heteroatoms. The van der Waals surface area contributed by atoms with Crippen LogP contribution in [0.5, 0.6) is 0 Å². The zero-order valence-corrected chi connectivity index (χ0v) is 17.3. The van der Waals surface area contributed by atoms with Crippen LogP contribution in [0.3, 0.4) is 0 Å². The topological polar surface area (TPSA) is 41.4 Å². The van der Waals surface area contributed by atoms with Gasteiger partial charge in [-0.25, -0.2) is 4.39 Å². The van der Waals surface area contributed by atoms with Crippen molar-refractivity contribution in [2.24, 2.45) is 0 Å². The first-order chi connectivity index (χ1) is 13.4. The summed E-state index contributed by atoms with van der Waals surface area (Å²) >= 11 is 1.50. The molecule has 1 atom stereocenters. The van der Waals surface area contributed by atoms with E-state index in [1.165, 1.54) is 23.5 Å². The zero-order valence-electron chi connectivity index (χ0n) is 16.5. The lowest BCUT2D eigenvalue weighted by molar-refractivity contribution is 0.0640. The number of benzene rings is 1. The van der Waals surface area contributed by atoms with E-state index < -0.39 is 0 Å². The molecule has 1 saturated heterocycles. The SMILES string of the molecule is Cc1nn(Cc2ccc(F)cc2)c2sc(C(=O)N3CCCC(N(C)C)C3)cc12. The summed E-state index contributed by atoms with van der Waals surface area (Å²) in [7, 11) is 4.15. The molecular formula is C21H25FN4OS. The molecule has 1 unspecified atom stereocenters. The van der Waals surface area contributed by atoms with Crippen molar-refractivity contribution in [3.05, 3.63) is 52.3 Å². The first-order valence-corrected chi connectivity index (χ1v) is 10.4. The number of hydrogen-bond acceptors (Lipinski definition) is 4. The summed E-state index contributed by atoms with van der Waals surface area (Å²) < 4.78 is 15.1. The number of aryl methyl sites for hydroxylation is 1. The number of hydrogen-bond donors (Lipinski definition) is 0. The number of halogens is 1. The van der Waals surface area contributed by atoms with E-state index >= 15 is 0 Å². The van der Waals surface area contributed by atoms with Gasteiger partial charge in [0, 0.05) is 24.5 Å². The molecule has 28 heavy (non-hydrogen) atoms. The summed E-state index contributed by atoms with van der Waals surface area (Å²) in [6.07, 6.45) is 2.17. The number of rotatable bonds is 4. The lowest BCUT2D eigenvalue weighted by Gasteiger charge is -2.35. The van der Waals surface area contributed by atoms with Crippen LogP contribution in [0.4, 0.5) is 4.39 Å². The molecule has 4 rings (SSSR count). The van der Waals surface area contributed by atoms with Gasteiger partial charge in [0.05, 0.1) is 17.1 Å². The molecule has 0 aliphatic carbocycles. The van der Waals surface area contributed by atoms with Gasteiger partial charge in [-0.1, -0.05) is 12.1 Å². The van der Waals surface area contributed by atoms with E-state index in [4.69, 9.17) is 0 Å². The minimum absolute atomic E-state index is 0.112. The Hall–Kier alpha value is -2.25. The Morgan fingerprint density at radius 1 is 1.32 bits per heavy atom. The van der Waals surface area contributed by atoms with Crippen LogP contribution in [0, 0.1) is 12.7 Å². The molecule has 1 fully saturated rings. The van der Waals surface area contributed by atoms with Crippen molar-refractivity contribution >= 4 is 27.5 Å². The third-order valence-corrected chi connectivity index (χ3v) is 6.61. The molecule has 3 heterocycles. The number of aromatic nitrogens is 2. The molecule has 0 radical (unpaired) electrons. The molecule has 2 aromatic heterocycles. The summed E-state index contributed by atoms with van der Waals surface area (Å²) in [4.78, 5) is 19.0. The number of fused-ring (bicyclic) bond motifs is 1. The largest absolute Gasteiger partial charge is 0.336 e. The summed E-state index contributed by atoms with van der Waals surface area (Å²) in [6.45, 7) is 4.12. The van der Waals surface area contributed by atoms with Crippen molar-refractivity contribution in [3.8, 4) is 0 Å². The van der Waals surface area contributed by atoms with E-state index in [0.717, 1.165) is 52.3 Å². The number of carbonyl (C=O) groups is 1. The summed E-state index contributed by atoms with van der Waals surface area (Å²) in [6, 6.07) is 8.86. The van der Waals surface area contributed by atoms with E-state index in [-0.39, 0.29) is 11.7 Å². The predicted octanol–water partition coefficient (Wildman–Crippen LogP) is 3.76. The van der Waals surface area contributed by atoms with Crippen molar-refractivity contribution in [3.63, 3.8) is 0 Å². The van der Waals surface area contributed by atoms with Gasteiger partial charge in [-0.3, -0.25) is 9.48 Å². The van der Waals surface area contributed by atoms with Crippen molar-refractivity contribution in [1.82, 2.24) is 19.6 Å². The minimum atomic E-state index is -0.243. The summed E-state index contributed by atoms with van der Waals surface area (Å²) in [5.41, 5.74) is 1.90. The second-order valence-electron chi connectivity index (χ2n) is 7.71. The van der Waals surface area contributed by atoms with Crippen LogP contribution in [-0.2, 0) is 6.54 Å². The maximum atomic E-state index is 13.2. The smallest absolute Gasteiger partial charge is 0.264 e. The van der Waals surface area contributed by atoms with E-state index in [1.807, 2.05) is 22.6 Å². The Labute approximate surface area is 168 Å². The number of thiophene rings is 1. The van der Waals surface area contributed by atoms with E-state index in [9.17, 15) is 9.18 Å². The zero-order chi connectivity index (χ0) is 19.8. The maximum Gasteiger partial charge on any atom is 0.264 e. The third kappa shape index (κ3) is 3.69. The number of nitrogens with zero attached hydrogens (tertiary/aromatic N) is 4. The second kappa shape index (κ2) is 7.64. The van der Waals surface area contributed by atoms with Gasteiger partial charge in [0.1, 0.15) is 10.6 Å². The lowest BCUT2D eigenvalue weighted by atomic mass is 10.0. The van der Waals surface area contributed by atoms with Gasteiger partial charge >= 0.3 is 0 Å². The average Bonchev–Trinajstić information content (AvgIpc) is 3.24. The standard InChI is InChI=1S/C21H25FN4OS/c1-14-18-11-19(20(27)25-10-4-5-17(13-25)24(2)3)28-21(18)26(23-14)12-15-6-8-16(22)9-7-15/h6-9,11,17H,4-5,10,12-13H2,1-3H3. The molecule has 148 valence electrons. The van der Waals surface area contributed by atoms with Gasteiger partial charge in [-0.05, 0) is 57.6 Å². The highest BCUT2D eigenvalue weighted by atomic mass is 32.1. The van der Waals surface area contributed by atoms with Gasteiger partial charge < -0.3 is 9.80 Å². The average molecular weight is 401 g/mol. The molecule has 0 N–H and O–H groups in total. The summed E-state index contributed by atoms with van der Waals surface area (Å²) in [5.74, 6) is -0.132. The van der Waals surface area contributed by atoms with Crippen LogP contribution < -0.4 is 0 Å². The number of carbonyl (C=O) groups excluding carboxylic acids is 1. The third-order valence-electron chi connectivity index (χ3n) is 5.48. The number of amides is 1. The van der Waals surface area contributed by atoms with E-state index in [0.29, 0.717) is 12.6 Å². The lowest BCUT2D eigenvalue weighted by Crippen LogP contribution is -2.47. The van der Waals surface area contributed by atoms with Crippen LogP contribution in [0.25, 0.3) is 10.2 Å². The molecule has 1 aromatic carbocycles. The number of likely N-dealkylation sites (N-methyl/N-ethyl adjacent to an activating group) is 1. The Morgan fingerprint density at radius 3 is 2.79 bits per heavy atom. The quantitative estimate of drug-likeness (QED) is 0.670. The molecule has 0 bridgehead atoms. The van der Waals surface area contributed by atoms with Crippen LogP contribution in [0.1, 0.15) is 33.8 Å². The Kier molecular flexibility index (Phi) is 5.21. The van der Waals surface area contributed by atoms with Crippen LogP contribution in [0.2, 0.25) is 0 Å². The Balaban J connectivity index is 1.59. The first kappa shape index (κ1) is 19.1. The maximum absolute atomic E-state index is 13.2. The fourth-order valence-electron chi connectivity index (χ4n) is 3.80. The van der Waals surface area contributed by atoms with Crippen molar-refractivity contribution in [1.29, 1.82) is 0 Å². The van der Waals surface area contributed by atoms with Gasteiger partial charge in [0.15, 0.2) is 0 Å². The number of piperidine rings is 1. The highest BCUT2D eigenvalue weighted by Crippen LogP contribution is 2.30. The molecule has 5 nitrogen and oxygen atoms in total. The summed E-state index contributed by atoms with van der Waals surface area (Å²) in [5, 5.41) is 5.64. The molecule has 0 spiro atoms. The highest BCUT2D eigenvalue weighted by molar-refractivity contribution is 7.20. The molecule has 3 aromatic rings. The van der Waals surface area contributed by atoms with Crippen LogP contribution in [0.15, 0.2) is 30.3 Å².